The minimum Gasteiger partial charge on any atom is -0.508 e. The van der Waals surface area contributed by atoms with Gasteiger partial charge >= 0.3 is 0 Å². The topological polar surface area (TPSA) is 90.9 Å². The Morgan fingerprint density at radius 1 is 1.00 bits per heavy atom. The van der Waals surface area contributed by atoms with Gasteiger partial charge in [0.1, 0.15) is 17.7 Å². The second kappa shape index (κ2) is 5.42. The average molecular weight is 342 g/mol. The van der Waals surface area contributed by atoms with Crippen molar-refractivity contribution in [3.05, 3.63) is 72.2 Å². The van der Waals surface area contributed by atoms with E-state index in [1.54, 1.807) is 24.3 Å². The van der Waals surface area contributed by atoms with E-state index in [9.17, 15) is 9.90 Å². The zero-order chi connectivity index (χ0) is 17.7. The summed E-state index contributed by atoms with van der Waals surface area (Å²) in [6.07, 6.45) is 3.33. The number of phenols is 1. The Morgan fingerprint density at radius 3 is 2.65 bits per heavy atom. The van der Waals surface area contributed by atoms with Crippen molar-refractivity contribution in [3.8, 4) is 17.0 Å². The molecular formula is C20H14N4O2. The van der Waals surface area contributed by atoms with E-state index >= 15 is 0 Å². The number of para-hydroxylation sites is 1. The van der Waals surface area contributed by atoms with Crippen LogP contribution < -0.4 is 5.32 Å². The molecule has 4 aromatic rings. The Balaban J connectivity index is 1.85. The number of carbonyl (C=O) groups is 1. The fraction of sp³-hybridized carbons (Fsp3) is 0.0500. The molecule has 0 bridgehead atoms. The van der Waals surface area contributed by atoms with Crippen molar-refractivity contribution in [2.75, 3.05) is 5.32 Å². The third-order valence-corrected chi connectivity index (χ3v) is 4.74. The quantitative estimate of drug-likeness (QED) is 0.494. The number of hydrogen-bond acceptors (Lipinski definition) is 4. The number of rotatable bonds is 1. The van der Waals surface area contributed by atoms with Gasteiger partial charge in [0.15, 0.2) is 0 Å². The molecule has 5 rings (SSSR count). The zero-order valence-corrected chi connectivity index (χ0v) is 13.6. The van der Waals surface area contributed by atoms with Crippen molar-refractivity contribution >= 4 is 22.6 Å². The largest absolute Gasteiger partial charge is 0.508 e. The summed E-state index contributed by atoms with van der Waals surface area (Å²) >= 11 is 0. The lowest BCUT2D eigenvalue weighted by Crippen LogP contribution is -2.23. The molecule has 2 aromatic heterocycles. The van der Waals surface area contributed by atoms with Crippen LogP contribution in [-0.4, -0.2) is 26.0 Å². The Labute approximate surface area is 148 Å². The van der Waals surface area contributed by atoms with Crippen LogP contribution in [0.4, 0.5) is 5.69 Å². The summed E-state index contributed by atoms with van der Waals surface area (Å²) in [6.45, 7) is 0. The zero-order valence-electron chi connectivity index (χ0n) is 13.6. The van der Waals surface area contributed by atoms with Gasteiger partial charge in [-0.05, 0) is 29.3 Å². The van der Waals surface area contributed by atoms with Gasteiger partial charge in [-0.1, -0.05) is 30.3 Å². The summed E-state index contributed by atoms with van der Waals surface area (Å²) in [6, 6.07) is 14.3. The van der Waals surface area contributed by atoms with E-state index in [4.69, 9.17) is 0 Å². The van der Waals surface area contributed by atoms with E-state index in [1.807, 2.05) is 30.5 Å². The number of H-pyrrole nitrogens is 1. The van der Waals surface area contributed by atoms with Crippen molar-refractivity contribution < 1.29 is 9.90 Å². The number of aromatic hydroxyl groups is 1. The maximum absolute atomic E-state index is 13.1. The van der Waals surface area contributed by atoms with Crippen LogP contribution in [-0.2, 0) is 4.79 Å². The fourth-order valence-corrected chi connectivity index (χ4v) is 3.56. The second-order valence-corrected chi connectivity index (χ2v) is 6.25. The summed E-state index contributed by atoms with van der Waals surface area (Å²) in [5.74, 6) is -0.519. The van der Waals surface area contributed by atoms with Crippen molar-refractivity contribution in [1.82, 2.24) is 15.0 Å². The number of phenolic OH excluding ortho intramolecular Hbond substituents is 1. The highest BCUT2D eigenvalue weighted by Gasteiger charge is 2.30. The maximum atomic E-state index is 13.1. The van der Waals surface area contributed by atoms with Crippen molar-refractivity contribution in [2.24, 2.45) is 0 Å². The first kappa shape index (κ1) is 14.7. The normalized spacial score (nSPS) is 15.8. The highest BCUT2D eigenvalue weighted by molar-refractivity contribution is 6.09. The number of benzene rings is 2. The monoisotopic (exact) mass is 342 g/mol. The molecule has 6 nitrogen and oxygen atoms in total. The van der Waals surface area contributed by atoms with E-state index in [1.165, 1.54) is 6.33 Å². The molecule has 0 spiro atoms. The Hall–Kier alpha value is -3.67. The number of nitrogens with one attached hydrogen (secondary N) is 2. The predicted octanol–water partition coefficient (Wildman–Crippen LogP) is 3.41. The first-order valence-corrected chi connectivity index (χ1v) is 8.23. The van der Waals surface area contributed by atoms with Crippen molar-refractivity contribution in [1.29, 1.82) is 0 Å². The number of anilines is 1. The van der Waals surface area contributed by atoms with E-state index in [2.05, 4.69) is 20.3 Å². The van der Waals surface area contributed by atoms with Gasteiger partial charge in [0.2, 0.25) is 5.91 Å². The molecule has 1 unspecified atom stereocenters. The first-order valence-electron chi connectivity index (χ1n) is 8.23. The number of carbonyl (C=O) groups excluding carboxylic acids is 1. The molecule has 0 saturated carbocycles. The summed E-state index contributed by atoms with van der Waals surface area (Å²) < 4.78 is 0. The minimum atomic E-state index is -0.539. The molecule has 1 atom stereocenters. The molecule has 1 aliphatic heterocycles. The third-order valence-electron chi connectivity index (χ3n) is 4.74. The lowest BCUT2D eigenvalue weighted by Gasteiger charge is -2.22. The summed E-state index contributed by atoms with van der Waals surface area (Å²) in [7, 11) is 0. The smallest absolute Gasteiger partial charge is 0.236 e. The lowest BCUT2D eigenvalue weighted by molar-refractivity contribution is -0.116. The van der Waals surface area contributed by atoms with Crippen LogP contribution >= 0.6 is 0 Å². The fourth-order valence-electron chi connectivity index (χ4n) is 3.56. The van der Waals surface area contributed by atoms with Crippen LogP contribution in [0, 0.1) is 0 Å². The number of fused-ring (bicyclic) bond motifs is 2. The molecule has 126 valence electrons. The van der Waals surface area contributed by atoms with Gasteiger partial charge in [-0.15, -0.1) is 0 Å². The molecule has 3 N–H and O–H groups in total. The molecule has 26 heavy (non-hydrogen) atoms. The minimum absolute atomic E-state index is 0.140. The molecule has 1 amide bonds. The number of aromatic amines is 1. The third kappa shape index (κ3) is 2.09. The molecular weight excluding hydrogens is 328 g/mol. The van der Waals surface area contributed by atoms with Gasteiger partial charge in [-0.25, -0.2) is 9.97 Å². The molecule has 0 fully saturated rings. The van der Waals surface area contributed by atoms with E-state index in [0.29, 0.717) is 11.3 Å². The molecule has 1 aliphatic rings. The highest BCUT2D eigenvalue weighted by atomic mass is 16.3. The molecule has 0 saturated heterocycles. The van der Waals surface area contributed by atoms with E-state index in [-0.39, 0.29) is 11.7 Å². The van der Waals surface area contributed by atoms with Gasteiger partial charge in [0, 0.05) is 17.1 Å². The van der Waals surface area contributed by atoms with Gasteiger partial charge in [0.25, 0.3) is 0 Å². The lowest BCUT2D eigenvalue weighted by atomic mass is 9.87. The molecule has 0 radical (unpaired) electrons. The summed E-state index contributed by atoms with van der Waals surface area (Å²) in [4.78, 5) is 25.1. The van der Waals surface area contributed by atoms with Crippen molar-refractivity contribution in [3.63, 3.8) is 0 Å². The molecule has 6 heteroatoms. The van der Waals surface area contributed by atoms with Crippen LogP contribution in [0.3, 0.4) is 0 Å². The Bertz CT molecular complexity index is 1150. The standard InChI is InChI=1S/C20H14N4O2/c25-12-7-5-11(6-8-12)16-14-9-21-19-17(14)18(22-10-23-19)13-3-1-2-4-15(13)24-20(16)26/h1-10,16,25H,(H,24,26)(H,21,22,23). The van der Waals surface area contributed by atoms with Crippen LogP contribution in [0.2, 0.25) is 0 Å². The molecule has 0 aliphatic carbocycles. The predicted molar refractivity (Wildman–Crippen MR) is 97.9 cm³/mol. The number of aromatic nitrogens is 3. The van der Waals surface area contributed by atoms with E-state index < -0.39 is 5.92 Å². The SMILES string of the molecule is O=C1Nc2ccccc2-c2ncnc3[nH]cc(c23)C1c1ccc(O)cc1. The van der Waals surface area contributed by atoms with Crippen molar-refractivity contribution in [2.45, 2.75) is 5.92 Å². The number of amides is 1. The molecule has 3 heterocycles. The van der Waals surface area contributed by atoms with Crippen LogP contribution in [0.5, 0.6) is 5.75 Å². The van der Waals surface area contributed by atoms with Gasteiger partial charge in [-0.3, -0.25) is 4.79 Å². The highest BCUT2D eigenvalue weighted by Crippen LogP contribution is 2.40. The first-order chi connectivity index (χ1) is 12.7. The number of nitrogens with zero attached hydrogens (tertiary/aromatic N) is 2. The van der Waals surface area contributed by atoms with Gasteiger partial charge < -0.3 is 15.4 Å². The van der Waals surface area contributed by atoms with E-state index in [0.717, 1.165) is 27.8 Å². The van der Waals surface area contributed by atoms with Gasteiger partial charge in [0.05, 0.1) is 17.3 Å². The average Bonchev–Trinajstić information content (AvgIpc) is 3.07. The second-order valence-electron chi connectivity index (χ2n) is 6.25. The van der Waals surface area contributed by atoms with Gasteiger partial charge in [-0.2, -0.15) is 0 Å². The van der Waals surface area contributed by atoms with Crippen LogP contribution in [0.25, 0.3) is 22.3 Å². The number of hydrogen-bond donors (Lipinski definition) is 3. The maximum Gasteiger partial charge on any atom is 0.236 e. The summed E-state index contributed by atoms with van der Waals surface area (Å²) in [5.41, 5.74) is 4.65. The Kier molecular flexibility index (Phi) is 3.05. The van der Waals surface area contributed by atoms with Crippen LogP contribution in [0.15, 0.2) is 61.1 Å². The molecule has 2 aromatic carbocycles. The Morgan fingerprint density at radius 2 is 1.81 bits per heavy atom. The van der Waals surface area contributed by atoms with Crippen LogP contribution in [0.1, 0.15) is 17.0 Å². The summed E-state index contributed by atoms with van der Waals surface area (Å²) in [5, 5.41) is 13.5.